The van der Waals surface area contributed by atoms with Crippen LogP contribution in [0.5, 0.6) is 0 Å². The van der Waals surface area contributed by atoms with Crippen LogP contribution < -0.4 is 5.32 Å². The Balaban J connectivity index is 1.57. The van der Waals surface area contributed by atoms with Crippen LogP contribution in [0.2, 0.25) is 0 Å². The molecular formula is C19H19F3N2O3S. The van der Waals surface area contributed by atoms with Crippen LogP contribution in [0.3, 0.4) is 0 Å². The summed E-state index contributed by atoms with van der Waals surface area (Å²) in [5.41, 5.74) is 0.366. The van der Waals surface area contributed by atoms with Crippen molar-refractivity contribution in [3.8, 4) is 0 Å². The number of carbonyl (C=O) groups excluding carboxylic acids is 1. The van der Waals surface area contributed by atoms with Crippen molar-refractivity contribution in [2.24, 2.45) is 5.92 Å². The van der Waals surface area contributed by atoms with E-state index in [0.29, 0.717) is 11.6 Å². The normalized spacial score (nSPS) is 16.1. The summed E-state index contributed by atoms with van der Waals surface area (Å²) in [6.07, 6.45) is 0.578. The minimum atomic E-state index is -3.59. The van der Waals surface area contributed by atoms with Crippen molar-refractivity contribution in [1.29, 1.82) is 0 Å². The molecule has 1 amide bonds. The van der Waals surface area contributed by atoms with Crippen molar-refractivity contribution in [3.63, 3.8) is 0 Å². The van der Waals surface area contributed by atoms with Gasteiger partial charge in [0.1, 0.15) is 17.5 Å². The average molecular weight is 412 g/mol. The lowest BCUT2D eigenvalue weighted by molar-refractivity contribution is -0.120. The third kappa shape index (κ3) is 4.90. The van der Waals surface area contributed by atoms with Crippen molar-refractivity contribution >= 4 is 21.6 Å². The van der Waals surface area contributed by atoms with Gasteiger partial charge in [-0.25, -0.2) is 25.9 Å². The van der Waals surface area contributed by atoms with Crippen LogP contribution in [0.25, 0.3) is 0 Å². The number of rotatable bonds is 5. The molecule has 0 aliphatic carbocycles. The van der Waals surface area contributed by atoms with E-state index in [1.165, 1.54) is 28.6 Å². The predicted molar refractivity (Wildman–Crippen MR) is 98.3 cm³/mol. The largest absolute Gasteiger partial charge is 0.323 e. The molecule has 0 unspecified atom stereocenters. The van der Waals surface area contributed by atoms with Gasteiger partial charge < -0.3 is 5.32 Å². The molecule has 5 nitrogen and oxygen atoms in total. The summed E-state index contributed by atoms with van der Waals surface area (Å²) in [6.45, 7) is 0.320. The van der Waals surface area contributed by atoms with Gasteiger partial charge in [0.05, 0.1) is 11.4 Å². The Kier molecular flexibility index (Phi) is 6.04. The van der Waals surface area contributed by atoms with E-state index in [2.05, 4.69) is 5.32 Å². The lowest BCUT2D eigenvalue weighted by atomic mass is 9.97. The van der Waals surface area contributed by atoms with Crippen LogP contribution in [0.1, 0.15) is 18.4 Å². The van der Waals surface area contributed by atoms with Crippen molar-refractivity contribution in [3.05, 3.63) is 65.5 Å². The summed E-state index contributed by atoms with van der Waals surface area (Å²) in [7, 11) is -3.59. The molecule has 150 valence electrons. The Labute approximate surface area is 161 Å². The summed E-state index contributed by atoms with van der Waals surface area (Å²) in [5.74, 6) is -3.19. The van der Waals surface area contributed by atoms with Gasteiger partial charge in [-0.2, -0.15) is 0 Å². The van der Waals surface area contributed by atoms with Gasteiger partial charge in [-0.3, -0.25) is 4.79 Å². The van der Waals surface area contributed by atoms with E-state index in [1.54, 1.807) is 0 Å². The van der Waals surface area contributed by atoms with Gasteiger partial charge in [-0.05, 0) is 42.7 Å². The maximum absolute atomic E-state index is 13.7. The molecular weight excluding hydrogens is 393 g/mol. The zero-order chi connectivity index (χ0) is 20.3. The molecule has 0 saturated carbocycles. The maximum atomic E-state index is 13.7. The molecule has 0 atom stereocenters. The van der Waals surface area contributed by atoms with Crippen LogP contribution >= 0.6 is 0 Å². The number of benzene rings is 2. The zero-order valence-electron chi connectivity index (χ0n) is 14.9. The molecule has 1 aliphatic heterocycles. The third-order valence-electron chi connectivity index (χ3n) is 4.67. The molecule has 0 bridgehead atoms. The monoisotopic (exact) mass is 412 g/mol. The van der Waals surface area contributed by atoms with Crippen molar-refractivity contribution in [1.82, 2.24) is 4.31 Å². The molecule has 0 aromatic heterocycles. The Bertz CT molecular complexity index is 957. The molecule has 1 saturated heterocycles. The highest BCUT2D eigenvalue weighted by Gasteiger charge is 2.31. The first-order valence-electron chi connectivity index (χ1n) is 8.73. The van der Waals surface area contributed by atoms with Crippen LogP contribution in [0, 0.1) is 23.4 Å². The molecule has 1 N–H and O–H groups in total. The molecule has 28 heavy (non-hydrogen) atoms. The highest BCUT2D eigenvalue weighted by molar-refractivity contribution is 7.88. The molecule has 1 heterocycles. The van der Waals surface area contributed by atoms with Crippen LogP contribution in [-0.2, 0) is 20.6 Å². The number of hydrogen-bond donors (Lipinski definition) is 1. The summed E-state index contributed by atoms with van der Waals surface area (Å²) in [6, 6.07) is 8.12. The Hall–Kier alpha value is -2.39. The number of piperidine rings is 1. The molecule has 0 spiro atoms. The molecule has 1 aliphatic rings. The number of hydrogen-bond acceptors (Lipinski definition) is 3. The van der Waals surface area contributed by atoms with E-state index in [4.69, 9.17) is 0 Å². The summed E-state index contributed by atoms with van der Waals surface area (Å²) in [5, 5.41) is 2.42. The first-order valence-corrected chi connectivity index (χ1v) is 10.3. The van der Waals surface area contributed by atoms with Gasteiger partial charge in [0.25, 0.3) is 0 Å². The molecule has 1 fully saturated rings. The van der Waals surface area contributed by atoms with E-state index >= 15 is 0 Å². The molecule has 0 radical (unpaired) electrons. The van der Waals surface area contributed by atoms with Crippen LogP contribution in [0.4, 0.5) is 18.9 Å². The van der Waals surface area contributed by atoms with Crippen molar-refractivity contribution in [2.45, 2.75) is 18.6 Å². The highest BCUT2D eigenvalue weighted by atomic mass is 32.2. The fourth-order valence-corrected chi connectivity index (χ4v) is 4.67. The lowest BCUT2D eigenvalue weighted by Crippen LogP contribution is -2.41. The highest BCUT2D eigenvalue weighted by Crippen LogP contribution is 2.24. The third-order valence-corrected chi connectivity index (χ3v) is 6.52. The maximum Gasteiger partial charge on any atom is 0.227 e. The minimum Gasteiger partial charge on any atom is -0.323 e. The molecule has 2 aromatic rings. The number of amides is 1. The van der Waals surface area contributed by atoms with E-state index < -0.39 is 39.3 Å². The van der Waals surface area contributed by atoms with Crippen LogP contribution in [-0.4, -0.2) is 31.7 Å². The Morgan fingerprint density at radius 3 is 2.21 bits per heavy atom. The summed E-state index contributed by atoms with van der Waals surface area (Å²) < 4.78 is 65.9. The minimum absolute atomic E-state index is 0.113. The van der Waals surface area contributed by atoms with Gasteiger partial charge in [0.2, 0.25) is 15.9 Å². The van der Waals surface area contributed by atoms with Crippen molar-refractivity contribution < 1.29 is 26.4 Å². The predicted octanol–water partition coefficient (Wildman–Crippen LogP) is 3.28. The summed E-state index contributed by atoms with van der Waals surface area (Å²) in [4.78, 5) is 12.3. The van der Waals surface area contributed by atoms with Gasteiger partial charge in [0, 0.05) is 25.1 Å². The second-order valence-electron chi connectivity index (χ2n) is 6.67. The zero-order valence-corrected chi connectivity index (χ0v) is 15.7. The Morgan fingerprint density at radius 1 is 1.00 bits per heavy atom. The number of nitrogens with zero attached hydrogens (tertiary/aromatic N) is 1. The van der Waals surface area contributed by atoms with Gasteiger partial charge in [0.15, 0.2) is 0 Å². The number of halogens is 3. The second-order valence-corrected chi connectivity index (χ2v) is 8.64. The number of sulfonamides is 1. The second kappa shape index (κ2) is 8.32. The topological polar surface area (TPSA) is 66.5 Å². The van der Waals surface area contributed by atoms with E-state index in [9.17, 15) is 26.4 Å². The van der Waals surface area contributed by atoms with Crippen molar-refractivity contribution in [2.75, 3.05) is 18.4 Å². The van der Waals surface area contributed by atoms with Gasteiger partial charge in [-0.15, -0.1) is 0 Å². The SMILES string of the molecule is O=C(Nc1ccc(F)cc1F)C1CCN(S(=O)(=O)Cc2ccc(F)cc2)CC1. The van der Waals surface area contributed by atoms with Crippen LogP contribution in [0.15, 0.2) is 42.5 Å². The smallest absolute Gasteiger partial charge is 0.227 e. The van der Waals surface area contributed by atoms with E-state index in [-0.39, 0.29) is 37.4 Å². The molecule has 3 rings (SSSR count). The standard InChI is InChI=1S/C19H19F3N2O3S/c20-15-3-1-13(2-4-15)12-28(26,27)24-9-7-14(8-10-24)19(25)23-18-6-5-16(21)11-17(18)22/h1-6,11,14H,7-10,12H2,(H,23,25). The summed E-state index contributed by atoms with van der Waals surface area (Å²) >= 11 is 0. The van der Waals surface area contributed by atoms with Gasteiger partial charge >= 0.3 is 0 Å². The number of carbonyl (C=O) groups is 1. The first-order chi connectivity index (χ1) is 13.2. The van der Waals surface area contributed by atoms with Gasteiger partial charge in [-0.1, -0.05) is 12.1 Å². The fourth-order valence-electron chi connectivity index (χ4n) is 3.10. The number of nitrogens with one attached hydrogen (secondary N) is 1. The fraction of sp³-hybridized carbons (Fsp3) is 0.316. The quantitative estimate of drug-likeness (QED) is 0.820. The first kappa shape index (κ1) is 20.3. The van der Waals surface area contributed by atoms with E-state index in [0.717, 1.165) is 12.1 Å². The number of anilines is 1. The Morgan fingerprint density at radius 2 is 1.61 bits per heavy atom. The van der Waals surface area contributed by atoms with E-state index in [1.807, 2.05) is 0 Å². The molecule has 9 heteroatoms. The molecule has 2 aromatic carbocycles. The average Bonchev–Trinajstić information content (AvgIpc) is 2.66. The lowest BCUT2D eigenvalue weighted by Gasteiger charge is -2.30.